The number of rotatable bonds is 5. The molecule has 3 heterocycles. The van der Waals surface area contributed by atoms with Crippen molar-refractivity contribution in [3.63, 3.8) is 0 Å². The maximum absolute atomic E-state index is 13.3. The van der Waals surface area contributed by atoms with E-state index in [1.54, 1.807) is 48.0 Å². The number of imide groups is 1. The van der Waals surface area contributed by atoms with Crippen LogP contribution in [0.15, 0.2) is 42.5 Å². The molecule has 0 aliphatic carbocycles. The quantitative estimate of drug-likeness (QED) is 0.616. The van der Waals surface area contributed by atoms with E-state index in [1.165, 1.54) is 4.90 Å². The Morgan fingerprint density at radius 2 is 1.88 bits per heavy atom. The second kappa shape index (κ2) is 8.94. The third kappa shape index (κ3) is 3.85. The number of thioether (sulfide) groups is 1. The number of urea groups is 1. The van der Waals surface area contributed by atoms with Gasteiger partial charge in [-0.15, -0.1) is 11.8 Å². The van der Waals surface area contributed by atoms with E-state index in [0.717, 1.165) is 49.7 Å². The lowest BCUT2D eigenvalue weighted by Crippen LogP contribution is -2.36. The fourth-order valence-electron chi connectivity index (χ4n) is 4.45. The molecule has 7 nitrogen and oxygen atoms in total. The van der Waals surface area contributed by atoms with Gasteiger partial charge in [-0.25, -0.2) is 9.69 Å². The van der Waals surface area contributed by atoms with E-state index in [1.807, 2.05) is 12.1 Å². The van der Waals surface area contributed by atoms with Gasteiger partial charge in [0, 0.05) is 36.0 Å². The summed E-state index contributed by atoms with van der Waals surface area (Å²) in [6.45, 7) is 3.97. The lowest BCUT2D eigenvalue weighted by molar-refractivity contribution is -0.119. The summed E-state index contributed by atoms with van der Waals surface area (Å²) in [6, 6.07) is 12.1. The van der Waals surface area contributed by atoms with Crippen molar-refractivity contribution in [2.45, 2.75) is 18.0 Å². The summed E-state index contributed by atoms with van der Waals surface area (Å²) in [6.07, 6.45) is 0. The summed E-state index contributed by atoms with van der Waals surface area (Å²) in [5.41, 5.74) is 2.62. The van der Waals surface area contributed by atoms with Gasteiger partial charge in [0.15, 0.2) is 0 Å². The largest absolute Gasteiger partial charge is 0.496 e. The van der Waals surface area contributed by atoms with Gasteiger partial charge in [-0.05, 0) is 42.0 Å². The molecule has 0 spiro atoms. The van der Waals surface area contributed by atoms with Gasteiger partial charge in [0.25, 0.3) is 5.91 Å². The lowest BCUT2D eigenvalue weighted by atomic mass is 10.1. The second-order valence-corrected chi connectivity index (χ2v) is 9.55. The Kier molecular flexibility index (Phi) is 6.03. The van der Waals surface area contributed by atoms with Gasteiger partial charge in [-0.1, -0.05) is 17.7 Å². The van der Waals surface area contributed by atoms with Crippen molar-refractivity contribution in [3.8, 4) is 5.75 Å². The molecule has 3 aliphatic heterocycles. The molecule has 3 fully saturated rings. The lowest BCUT2D eigenvalue weighted by Gasteiger charge is -2.28. The Labute approximate surface area is 196 Å². The SMILES string of the molecule is COc1ccc(C2SCC3C(=O)N(c4ccc(Cl)cc4)C(=O)N32)cc1CN1CCOCC1. The molecule has 2 unspecified atom stereocenters. The molecule has 5 rings (SSSR count). The van der Waals surface area contributed by atoms with Gasteiger partial charge in [0.05, 0.1) is 26.0 Å². The molecule has 168 valence electrons. The van der Waals surface area contributed by atoms with Crippen molar-refractivity contribution in [2.24, 2.45) is 0 Å². The summed E-state index contributed by atoms with van der Waals surface area (Å²) in [4.78, 5) is 31.7. The van der Waals surface area contributed by atoms with E-state index in [4.69, 9.17) is 21.1 Å². The summed E-state index contributed by atoms with van der Waals surface area (Å²) >= 11 is 7.60. The summed E-state index contributed by atoms with van der Waals surface area (Å²) in [5, 5.41) is 0.343. The molecule has 0 N–H and O–H groups in total. The number of carbonyl (C=O) groups is 2. The molecule has 0 bridgehead atoms. The predicted molar refractivity (Wildman–Crippen MR) is 124 cm³/mol. The van der Waals surface area contributed by atoms with Crippen LogP contribution >= 0.6 is 23.4 Å². The number of methoxy groups -OCH3 is 1. The van der Waals surface area contributed by atoms with Crippen LogP contribution in [0.25, 0.3) is 0 Å². The van der Waals surface area contributed by atoms with E-state index >= 15 is 0 Å². The Bertz CT molecular complexity index is 1030. The number of morpholine rings is 1. The molecule has 0 radical (unpaired) electrons. The van der Waals surface area contributed by atoms with Crippen molar-refractivity contribution in [2.75, 3.05) is 44.1 Å². The number of fused-ring (bicyclic) bond motifs is 1. The Morgan fingerprint density at radius 1 is 1.12 bits per heavy atom. The number of benzene rings is 2. The van der Waals surface area contributed by atoms with Crippen LogP contribution in [0.5, 0.6) is 5.75 Å². The molecular weight excluding hydrogens is 450 g/mol. The van der Waals surface area contributed by atoms with Crippen LogP contribution in [0.4, 0.5) is 10.5 Å². The molecule has 9 heteroatoms. The first kappa shape index (κ1) is 21.6. The molecule has 3 amide bonds. The predicted octanol–water partition coefficient (Wildman–Crippen LogP) is 3.76. The van der Waals surface area contributed by atoms with Crippen molar-refractivity contribution in [3.05, 3.63) is 58.6 Å². The molecule has 2 atom stereocenters. The van der Waals surface area contributed by atoms with Crippen molar-refractivity contribution in [1.29, 1.82) is 0 Å². The van der Waals surface area contributed by atoms with E-state index in [-0.39, 0.29) is 17.3 Å². The number of nitrogens with zero attached hydrogens (tertiary/aromatic N) is 3. The van der Waals surface area contributed by atoms with Crippen molar-refractivity contribution in [1.82, 2.24) is 9.80 Å². The number of amides is 3. The highest BCUT2D eigenvalue weighted by Crippen LogP contribution is 2.46. The third-order valence-corrected chi connectivity index (χ3v) is 7.67. The topological polar surface area (TPSA) is 62.3 Å². The fraction of sp³-hybridized carbons (Fsp3) is 0.391. The van der Waals surface area contributed by atoms with Crippen LogP contribution in [0.1, 0.15) is 16.5 Å². The molecule has 2 aromatic rings. The number of ether oxygens (including phenoxy) is 2. The number of anilines is 1. The van der Waals surface area contributed by atoms with E-state index in [0.29, 0.717) is 16.5 Å². The Morgan fingerprint density at radius 3 is 2.59 bits per heavy atom. The van der Waals surface area contributed by atoms with Crippen LogP contribution in [0.3, 0.4) is 0 Å². The van der Waals surface area contributed by atoms with Gasteiger partial charge in [-0.2, -0.15) is 0 Å². The Hall–Kier alpha value is -2.26. The zero-order chi connectivity index (χ0) is 22.2. The second-order valence-electron chi connectivity index (χ2n) is 8.00. The molecule has 3 aliphatic rings. The third-order valence-electron chi connectivity index (χ3n) is 6.09. The number of halogens is 1. The number of hydrogen-bond acceptors (Lipinski definition) is 6. The highest BCUT2D eigenvalue weighted by atomic mass is 35.5. The molecule has 2 aromatic carbocycles. The van der Waals surface area contributed by atoms with Crippen molar-refractivity contribution >= 4 is 41.0 Å². The first-order valence-electron chi connectivity index (χ1n) is 10.6. The molecular formula is C23H24ClN3O4S. The summed E-state index contributed by atoms with van der Waals surface area (Å²) in [7, 11) is 1.67. The first-order valence-corrected chi connectivity index (χ1v) is 12.0. The minimum absolute atomic E-state index is 0.186. The molecule has 0 saturated carbocycles. The monoisotopic (exact) mass is 473 g/mol. The number of hydrogen-bond donors (Lipinski definition) is 0. The zero-order valence-corrected chi connectivity index (χ0v) is 19.3. The van der Waals surface area contributed by atoms with Gasteiger partial charge in [-0.3, -0.25) is 14.6 Å². The highest BCUT2D eigenvalue weighted by molar-refractivity contribution is 7.99. The minimum atomic E-state index is -0.460. The van der Waals surface area contributed by atoms with Crippen molar-refractivity contribution < 1.29 is 19.1 Å². The summed E-state index contributed by atoms with van der Waals surface area (Å²) < 4.78 is 11.1. The van der Waals surface area contributed by atoms with Gasteiger partial charge < -0.3 is 9.47 Å². The highest BCUT2D eigenvalue weighted by Gasteiger charge is 2.53. The average Bonchev–Trinajstić information content (AvgIpc) is 3.35. The first-order chi connectivity index (χ1) is 15.6. The molecule has 32 heavy (non-hydrogen) atoms. The average molecular weight is 474 g/mol. The standard InChI is InChI=1S/C23H24ClN3O4S/c1-30-20-7-2-15(12-16(20)13-25-8-10-31-11-9-25)22-27-19(14-32-22)21(28)26(23(27)29)18-5-3-17(24)4-6-18/h2-7,12,19,22H,8-11,13-14H2,1H3. The van der Waals surface area contributed by atoms with E-state index < -0.39 is 6.04 Å². The van der Waals surface area contributed by atoms with Crippen LogP contribution in [-0.4, -0.2) is 66.9 Å². The maximum Gasteiger partial charge on any atom is 0.333 e. The molecule has 3 saturated heterocycles. The van der Waals surface area contributed by atoms with Crippen LogP contribution in [0, 0.1) is 0 Å². The van der Waals surface area contributed by atoms with Gasteiger partial charge in [0.2, 0.25) is 0 Å². The molecule has 0 aromatic heterocycles. The normalized spacial score (nSPS) is 23.7. The van der Waals surface area contributed by atoms with Gasteiger partial charge in [0.1, 0.15) is 17.2 Å². The minimum Gasteiger partial charge on any atom is -0.496 e. The Balaban J connectivity index is 1.42. The van der Waals surface area contributed by atoms with E-state index in [2.05, 4.69) is 11.0 Å². The number of carbonyl (C=O) groups excluding carboxylic acids is 2. The fourth-order valence-corrected chi connectivity index (χ4v) is 5.98. The smallest absolute Gasteiger partial charge is 0.333 e. The maximum atomic E-state index is 13.3. The van der Waals surface area contributed by atoms with Crippen LogP contribution < -0.4 is 9.64 Å². The van der Waals surface area contributed by atoms with Crippen LogP contribution in [0.2, 0.25) is 5.02 Å². The van der Waals surface area contributed by atoms with E-state index in [9.17, 15) is 9.59 Å². The van der Waals surface area contributed by atoms with Crippen LogP contribution in [-0.2, 0) is 16.1 Å². The summed E-state index contributed by atoms with van der Waals surface area (Å²) in [5.74, 6) is 1.21. The van der Waals surface area contributed by atoms with Gasteiger partial charge >= 0.3 is 6.03 Å². The zero-order valence-electron chi connectivity index (χ0n) is 17.7.